The molecule has 0 saturated carbocycles. The number of aryl methyl sites for hydroxylation is 2. The lowest BCUT2D eigenvalue weighted by Gasteiger charge is -2.04. The Balaban J connectivity index is 1.68. The van der Waals surface area contributed by atoms with Gasteiger partial charge in [-0.1, -0.05) is 57.5 Å². The maximum atomic E-state index is 12.4. The number of carbonyl (C=O) groups is 1. The Morgan fingerprint density at radius 3 is 2.75 bits per heavy atom. The summed E-state index contributed by atoms with van der Waals surface area (Å²) in [6.07, 6.45) is 0. The second-order valence-electron chi connectivity index (χ2n) is 5.41. The van der Waals surface area contributed by atoms with Gasteiger partial charge in [-0.2, -0.15) is 0 Å². The first-order valence-electron chi connectivity index (χ1n) is 7.35. The van der Waals surface area contributed by atoms with E-state index in [1.165, 1.54) is 11.8 Å². The van der Waals surface area contributed by atoms with E-state index in [9.17, 15) is 4.79 Å². The van der Waals surface area contributed by atoms with Gasteiger partial charge in [0, 0.05) is 15.6 Å². The van der Waals surface area contributed by atoms with Gasteiger partial charge in [-0.05, 0) is 37.6 Å². The molecule has 3 aromatic rings. The molecule has 0 aliphatic heterocycles. The van der Waals surface area contributed by atoms with E-state index in [4.69, 9.17) is 4.42 Å². The largest absolute Gasteiger partial charge is 0.411 e. The van der Waals surface area contributed by atoms with Gasteiger partial charge in [0.15, 0.2) is 5.78 Å². The van der Waals surface area contributed by atoms with Crippen molar-refractivity contribution in [1.29, 1.82) is 0 Å². The molecule has 0 spiro atoms. The Kier molecular flexibility index (Phi) is 5.16. The fourth-order valence-corrected chi connectivity index (χ4v) is 3.38. The number of aromatic nitrogens is 2. The zero-order chi connectivity index (χ0) is 17.1. The molecular weight excluding hydrogens is 388 g/mol. The SMILES string of the molecule is Cc1ccc(C(=O)CSc2nnc(-c3cccc(Br)c3)o2)c(C)c1. The number of rotatable bonds is 5. The average Bonchev–Trinajstić information content (AvgIpc) is 3.01. The lowest BCUT2D eigenvalue weighted by atomic mass is 10.0. The first-order chi connectivity index (χ1) is 11.5. The summed E-state index contributed by atoms with van der Waals surface area (Å²) >= 11 is 4.67. The average molecular weight is 403 g/mol. The number of carbonyl (C=O) groups excluding carboxylic acids is 1. The van der Waals surface area contributed by atoms with Crippen LogP contribution in [0.2, 0.25) is 0 Å². The summed E-state index contributed by atoms with van der Waals surface area (Å²) in [7, 11) is 0. The zero-order valence-corrected chi connectivity index (χ0v) is 15.6. The standard InChI is InChI=1S/C18H15BrN2O2S/c1-11-6-7-15(12(2)8-11)16(22)10-24-18-21-20-17(23-18)13-4-3-5-14(19)9-13/h3-9H,10H2,1-2H3. The Labute approximate surface area is 152 Å². The van der Waals surface area contributed by atoms with Crippen molar-refractivity contribution in [1.82, 2.24) is 10.2 Å². The van der Waals surface area contributed by atoms with E-state index in [0.717, 1.165) is 26.7 Å². The summed E-state index contributed by atoms with van der Waals surface area (Å²) in [4.78, 5) is 12.4. The number of hydrogen-bond acceptors (Lipinski definition) is 5. The normalized spacial score (nSPS) is 10.8. The molecule has 0 N–H and O–H groups in total. The van der Waals surface area contributed by atoms with E-state index in [1.807, 2.05) is 56.3 Å². The highest BCUT2D eigenvalue weighted by atomic mass is 79.9. The topological polar surface area (TPSA) is 56.0 Å². The summed E-state index contributed by atoms with van der Waals surface area (Å²) in [5.74, 6) is 0.766. The highest BCUT2D eigenvalue weighted by Crippen LogP contribution is 2.26. The molecule has 3 rings (SSSR count). The van der Waals surface area contributed by atoms with Crippen molar-refractivity contribution in [2.75, 3.05) is 5.75 Å². The van der Waals surface area contributed by atoms with Crippen molar-refractivity contribution in [2.45, 2.75) is 19.1 Å². The molecule has 0 unspecified atom stereocenters. The van der Waals surface area contributed by atoms with Gasteiger partial charge in [0.05, 0.1) is 5.75 Å². The molecule has 4 nitrogen and oxygen atoms in total. The number of benzene rings is 2. The van der Waals surface area contributed by atoms with Gasteiger partial charge in [-0.25, -0.2) is 0 Å². The van der Waals surface area contributed by atoms with Gasteiger partial charge in [0.1, 0.15) is 0 Å². The van der Waals surface area contributed by atoms with Crippen LogP contribution in [0.25, 0.3) is 11.5 Å². The highest BCUT2D eigenvalue weighted by Gasteiger charge is 2.14. The van der Waals surface area contributed by atoms with E-state index in [-0.39, 0.29) is 11.5 Å². The lowest BCUT2D eigenvalue weighted by molar-refractivity contribution is 0.102. The second kappa shape index (κ2) is 7.32. The molecule has 0 atom stereocenters. The highest BCUT2D eigenvalue weighted by molar-refractivity contribution is 9.10. The van der Waals surface area contributed by atoms with Crippen molar-refractivity contribution in [3.8, 4) is 11.5 Å². The minimum atomic E-state index is 0.0553. The molecule has 0 aliphatic carbocycles. The smallest absolute Gasteiger partial charge is 0.277 e. The maximum absolute atomic E-state index is 12.4. The molecule has 24 heavy (non-hydrogen) atoms. The quantitative estimate of drug-likeness (QED) is 0.439. The van der Waals surface area contributed by atoms with E-state index in [2.05, 4.69) is 26.1 Å². The fourth-order valence-electron chi connectivity index (χ4n) is 2.34. The Hall–Kier alpha value is -1.92. The predicted molar refractivity (Wildman–Crippen MR) is 98.4 cm³/mol. The Bertz CT molecular complexity index is 892. The molecule has 0 fully saturated rings. The lowest BCUT2D eigenvalue weighted by Crippen LogP contribution is -2.04. The van der Waals surface area contributed by atoms with Crippen LogP contribution in [0.3, 0.4) is 0 Å². The molecule has 1 aromatic heterocycles. The Morgan fingerprint density at radius 1 is 1.17 bits per heavy atom. The summed E-state index contributed by atoms with van der Waals surface area (Å²) in [5.41, 5.74) is 3.71. The van der Waals surface area contributed by atoms with Gasteiger partial charge in [0.2, 0.25) is 5.89 Å². The van der Waals surface area contributed by atoms with Crippen LogP contribution in [0.4, 0.5) is 0 Å². The summed E-state index contributed by atoms with van der Waals surface area (Å²) in [6, 6.07) is 13.5. The van der Waals surface area contributed by atoms with Crippen LogP contribution < -0.4 is 0 Å². The first-order valence-corrected chi connectivity index (χ1v) is 9.13. The third-order valence-corrected chi connectivity index (χ3v) is 4.80. The monoisotopic (exact) mass is 402 g/mol. The van der Waals surface area contributed by atoms with Crippen LogP contribution in [0.1, 0.15) is 21.5 Å². The third kappa shape index (κ3) is 3.94. The number of ketones is 1. The van der Waals surface area contributed by atoms with Crippen molar-refractivity contribution in [2.24, 2.45) is 0 Å². The minimum Gasteiger partial charge on any atom is -0.411 e. The van der Waals surface area contributed by atoms with E-state index >= 15 is 0 Å². The van der Waals surface area contributed by atoms with Crippen LogP contribution in [0, 0.1) is 13.8 Å². The van der Waals surface area contributed by atoms with E-state index < -0.39 is 0 Å². The molecule has 0 radical (unpaired) electrons. The van der Waals surface area contributed by atoms with Gasteiger partial charge < -0.3 is 4.42 Å². The van der Waals surface area contributed by atoms with Gasteiger partial charge in [0.25, 0.3) is 5.22 Å². The summed E-state index contributed by atoms with van der Waals surface area (Å²) < 4.78 is 6.57. The van der Waals surface area contributed by atoms with Crippen LogP contribution in [0.5, 0.6) is 0 Å². The number of nitrogens with zero attached hydrogens (tertiary/aromatic N) is 2. The summed E-state index contributed by atoms with van der Waals surface area (Å²) in [5, 5.41) is 8.43. The van der Waals surface area contributed by atoms with E-state index in [1.54, 1.807) is 0 Å². The minimum absolute atomic E-state index is 0.0553. The number of hydrogen-bond donors (Lipinski definition) is 0. The molecule has 122 valence electrons. The maximum Gasteiger partial charge on any atom is 0.277 e. The molecule has 0 saturated heterocycles. The van der Waals surface area contributed by atoms with Crippen molar-refractivity contribution in [3.05, 3.63) is 63.6 Å². The second-order valence-corrected chi connectivity index (χ2v) is 7.26. The molecule has 0 aliphatic rings. The third-order valence-electron chi connectivity index (χ3n) is 3.49. The number of Topliss-reactive ketones (excluding diaryl/α,β-unsaturated/α-hetero) is 1. The molecule has 6 heteroatoms. The zero-order valence-electron chi connectivity index (χ0n) is 13.2. The molecule has 0 amide bonds. The van der Waals surface area contributed by atoms with Gasteiger partial charge in [-0.15, -0.1) is 10.2 Å². The molecule has 2 aromatic carbocycles. The van der Waals surface area contributed by atoms with Crippen molar-refractivity contribution in [3.63, 3.8) is 0 Å². The van der Waals surface area contributed by atoms with Crippen LogP contribution >= 0.6 is 27.7 Å². The van der Waals surface area contributed by atoms with Crippen LogP contribution in [0.15, 0.2) is 56.6 Å². The fraction of sp³-hybridized carbons (Fsp3) is 0.167. The van der Waals surface area contributed by atoms with Gasteiger partial charge in [-0.3, -0.25) is 4.79 Å². The molecule has 1 heterocycles. The Morgan fingerprint density at radius 2 is 2.00 bits per heavy atom. The first kappa shape index (κ1) is 16.9. The van der Waals surface area contributed by atoms with Crippen molar-refractivity contribution < 1.29 is 9.21 Å². The van der Waals surface area contributed by atoms with Crippen LogP contribution in [-0.2, 0) is 0 Å². The summed E-state index contributed by atoms with van der Waals surface area (Å²) in [6.45, 7) is 3.96. The van der Waals surface area contributed by atoms with E-state index in [0.29, 0.717) is 11.1 Å². The van der Waals surface area contributed by atoms with Gasteiger partial charge >= 0.3 is 0 Å². The number of thioether (sulfide) groups is 1. The predicted octanol–water partition coefficient (Wildman–Crippen LogP) is 5.09. The van der Waals surface area contributed by atoms with Crippen molar-refractivity contribution >= 4 is 33.5 Å². The molecule has 0 bridgehead atoms. The molecular formula is C18H15BrN2O2S. The number of halogens is 1. The van der Waals surface area contributed by atoms with Crippen LogP contribution in [-0.4, -0.2) is 21.7 Å².